The monoisotopic (exact) mass is 453 g/mol. The molecule has 0 aliphatic carbocycles. The molecule has 28 heavy (non-hydrogen) atoms. The first-order chi connectivity index (χ1) is 13.2. The summed E-state index contributed by atoms with van der Waals surface area (Å²) >= 11 is 8.28. The van der Waals surface area contributed by atoms with Crippen molar-refractivity contribution in [1.82, 2.24) is 0 Å². The fourth-order valence-corrected chi connectivity index (χ4v) is 3.25. The van der Waals surface area contributed by atoms with Gasteiger partial charge in [-0.2, -0.15) is 28.1 Å². The van der Waals surface area contributed by atoms with Crippen LogP contribution in [0.1, 0.15) is 12.5 Å². The SMILES string of the molecule is CCOC(=O)[C@@]1(C(F)(F)F)N=C(N=C(SC)SC)OC(c2cccc(Cl)c2)=N1. The second-order valence-corrected chi connectivity index (χ2v) is 7.38. The number of esters is 1. The highest BCUT2D eigenvalue weighted by Gasteiger charge is 2.65. The molecule has 1 aliphatic heterocycles. The Labute approximate surface area is 172 Å². The first-order valence-corrected chi connectivity index (χ1v) is 10.5. The van der Waals surface area contributed by atoms with Crippen LogP contribution in [0.3, 0.4) is 0 Å². The highest BCUT2D eigenvalue weighted by Crippen LogP contribution is 2.39. The highest BCUT2D eigenvalue weighted by molar-refractivity contribution is 8.38. The maximum atomic E-state index is 14.0. The smallest absolute Gasteiger partial charge is 0.446 e. The number of aliphatic imine (C=N–C) groups is 3. The van der Waals surface area contributed by atoms with Crippen molar-refractivity contribution in [3.8, 4) is 0 Å². The van der Waals surface area contributed by atoms with E-state index in [2.05, 4.69) is 19.7 Å². The molecule has 0 aromatic heterocycles. The number of benzene rings is 1. The normalized spacial score (nSPS) is 19.2. The van der Waals surface area contributed by atoms with E-state index in [0.717, 1.165) is 0 Å². The van der Waals surface area contributed by atoms with Crippen LogP contribution in [0.25, 0.3) is 0 Å². The van der Waals surface area contributed by atoms with Crippen LogP contribution in [-0.2, 0) is 14.3 Å². The molecule has 0 radical (unpaired) electrons. The van der Waals surface area contributed by atoms with Crippen molar-refractivity contribution < 1.29 is 27.4 Å². The Hall–Kier alpha value is -1.72. The van der Waals surface area contributed by atoms with E-state index in [1.54, 1.807) is 12.5 Å². The minimum Gasteiger partial charge on any atom is -0.462 e. The summed E-state index contributed by atoms with van der Waals surface area (Å²) in [6, 6.07) is 5.17. The van der Waals surface area contributed by atoms with E-state index in [4.69, 9.17) is 16.3 Å². The molecule has 0 fully saturated rings. The van der Waals surface area contributed by atoms with Crippen molar-refractivity contribution in [2.75, 3.05) is 19.1 Å². The van der Waals surface area contributed by atoms with E-state index in [1.165, 1.54) is 54.7 Å². The second-order valence-electron chi connectivity index (χ2n) is 5.10. The predicted octanol–water partition coefficient (Wildman–Crippen LogP) is 4.38. The standard InChI is InChI=1S/C16H15ClF3N3O3S2/c1-4-25-12(24)15(16(18,19)20)22-11(9-6-5-7-10(17)8-9)26-13(23-15)21-14(27-2)28-3/h5-8H,4H2,1-3H3/t15-/m0/s1. The van der Waals surface area contributed by atoms with E-state index in [-0.39, 0.29) is 17.2 Å². The van der Waals surface area contributed by atoms with Gasteiger partial charge in [-0.15, -0.1) is 23.5 Å². The number of nitrogens with zero attached hydrogens (tertiary/aromatic N) is 3. The summed E-state index contributed by atoms with van der Waals surface area (Å²) in [5, 5.41) is 0.249. The minimum absolute atomic E-state index is 0.128. The Balaban J connectivity index is 2.71. The Morgan fingerprint density at radius 2 is 2.00 bits per heavy atom. The quantitative estimate of drug-likeness (QED) is 0.386. The third kappa shape index (κ3) is 4.81. The Bertz CT molecular complexity index is 840. The third-order valence-electron chi connectivity index (χ3n) is 3.27. The Morgan fingerprint density at radius 3 is 2.54 bits per heavy atom. The number of carbonyl (C=O) groups is 1. The fraction of sp³-hybridized carbons (Fsp3) is 0.375. The van der Waals surface area contributed by atoms with Crippen molar-refractivity contribution >= 4 is 57.4 Å². The molecule has 0 saturated carbocycles. The first kappa shape index (κ1) is 22.6. The van der Waals surface area contributed by atoms with Gasteiger partial charge in [-0.25, -0.2) is 4.79 Å². The average molecular weight is 454 g/mol. The molecule has 0 saturated heterocycles. The van der Waals surface area contributed by atoms with Crippen LogP contribution >= 0.6 is 35.1 Å². The van der Waals surface area contributed by atoms with Gasteiger partial charge in [0, 0.05) is 10.6 Å². The summed E-state index contributed by atoms with van der Waals surface area (Å²) in [6.07, 6.45) is -1.81. The maximum absolute atomic E-state index is 14.0. The molecule has 6 nitrogen and oxygen atoms in total. The van der Waals surface area contributed by atoms with E-state index in [0.29, 0.717) is 4.38 Å². The molecule has 0 unspecified atom stereocenters. The number of hydrogen-bond acceptors (Lipinski definition) is 8. The predicted molar refractivity (Wildman–Crippen MR) is 106 cm³/mol. The van der Waals surface area contributed by atoms with Gasteiger partial charge in [0.1, 0.15) is 4.38 Å². The maximum Gasteiger partial charge on any atom is 0.446 e. The molecule has 1 aromatic carbocycles. The molecule has 1 heterocycles. The summed E-state index contributed by atoms with van der Waals surface area (Å²) in [5.41, 5.74) is -3.40. The number of halogens is 4. The number of hydrogen-bond donors (Lipinski definition) is 0. The Morgan fingerprint density at radius 1 is 1.32 bits per heavy atom. The van der Waals surface area contributed by atoms with Gasteiger partial charge in [0.05, 0.1) is 6.61 Å². The second kappa shape index (κ2) is 9.19. The molecule has 1 atom stereocenters. The average Bonchev–Trinajstić information content (AvgIpc) is 2.65. The first-order valence-electron chi connectivity index (χ1n) is 7.71. The van der Waals surface area contributed by atoms with Crippen LogP contribution in [-0.4, -0.2) is 53.2 Å². The van der Waals surface area contributed by atoms with Crippen molar-refractivity contribution in [2.24, 2.45) is 15.0 Å². The number of rotatable bonds is 3. The van der Waals surface area contributed by atoms with E-state index >= 15 is 0 Å². The summed E-state index contributed by atoms with van der Waals surface area (Å²) < 4.78 is 52.2. The summed E-state index contributed by atoms with van der Waals surface area (Å²) in [6.45, 7) is 1.10. The molecule has 1 aliphatic rings. The van der Waals surface area contributed by atoms with Gasteiger partial charge < -0.3 is 9.47 Å². The largest absolute Gasteiger partial charge is 0.462 e. The van der Waals surface area contributed by atoms with Crippen LogP contribution in [0.15, 0.2) is 39.2 Å². The van der Waals surface area contributed by atoms with Crippen LogP contribution in [0.4, 0.5) is 13.2 Å². The van der Waals surface area contributed by atoms with Gasteiger partial charge >= 0.3 is 23.8 Å². The lowest BCUT2D eigenvalue weighted by atomic mass is 10.1. The number of amidine groups is 1. The lowest BCUT2D eigenvalue weighted by Gasteiger charge is -2.29. The molecular weight excluding hydrogens is 439 g/mol. The zero-order chi connectivity index (χ0) is 20.9. The number of thioether (sulfide) groups is 2. The molecule has 12 heteroatoms. The van der Waals surface area contributed by atoms with Gasteiger partial charge in [0.2, 0.25) is 5.90 Å². The zero-order valence-corrected chi connectivity index (χ0v) is 17.3. The lowest BCUT2D eigenvalue weighted by Crippen LogP contribution is -2.53. The fourth-order valence-electron chi connectivity index (χ4n) is 2.05. The van der Waals surface area contributed by atoms with Gasteiger partial charge in [0.15, 0.2) is 0 Å². The molecule has 0 bridgehead atoms. The minimum atomic E-state index is -5.19. The molecule has 0 N–H and O–H groups in total. The molecule has 0 amide bonds. The van der Waals surface area contributed by atoms with E-state index in [9.17, 15) is 18.0 Å². The molecule has 152 valence electrons. The molecular formula is C16H15ClF3N3O3S2. The summed E-state index contributed by atoms with van der Waals surface area (Å²) in [7, 11) is 0. The lowest BCUT2D eigenvalue weighted by molar-refractivity contribution is -0.204. The Kier molecular flexibility index (Phi) is 7.40. The van der Waals surface area contributed by atoms with Crippen LogP contribution in [0.5, 0.6) is 0 Å². The number of carbonyl (C=O) groups excluding carboxylic acids is 1. The van der Waals surface area contributed by atoms with Crippen LogP contribution in [0, 0.1) is 0 Å². The van der Waals surface area contributed by atoms with E-state index in [1.807, 2.05) is 0 Å². The highest BCUT2D eigenvalue weighted by atomic mass is 35.5. The van der Waals surface area contributed by atoms with Crippen molar-refractivity contribution in [2.45, 2.75) is 18.8 Å². The zero-order valence-electron chi connectivity index (χ0n) is 14.9. The number of ether oxygens (including phenoxy) is 2. The van der Waals surface area contributed by atoms with Gasteiger partial charge in [-0.1, -0.05) is 17.7 Å². The van der Waals surface area contributed by atoms with E-state index < -0.39 is 29.7 Å². The van der Waals surface area contributed by atoms with Gasteiger partial charge in [-0.3, -0.25) is 0 Å². The molecule has 2 rings (SSSR count). The topological polar surface area (TPSA) is 72.6 Å². The van der Waals surface area contributed by atoms with Gasteiger partial charge in [-0.05, 0) is 37.6 Å². The third-order valence-corrected chi connectivity index (χ3v) is 5.39. The molecule has 1 aromatic rings. The van der Waals surface area contributed by atoms with Gasteiger partial charge in [0.25, 0.3) is 0 Å². The van der Waals surface area contributed by atoms with Crippen molar-refractivity contribution in [3.63, 3.8) is 0 Å². The van der Waals surface area contributed by atoms with Crippen molar-refractivity contribution in [3.05, 3.63) is 34.9 Å². The number of alkyl halides is 3. The molecule has 0 spiro atoms. The van der Waals surface area contributed by atoms with Crippen molar-refractivity contribution in [1.29, 1.82) is 0 Å². The summed E-state index contributed by atoms with van der Waals surface area (Å²) in [4.78, 5) is 23.1. The van der Waals surface area contributed by atoms with Crippen LogP contribution in [0.2, 0.25) is 5.02 Å². The van der Waals surface area contributed by atoms with Crippen LogP contribution < -0.4 is 0 Å². The summed E-state index contributed by atoms with van der Waals surface area (Å²) in [5.74, 6) is -2.17.